The Morgan fingerprint density at radius 2 is 1.70 bits per heavy atom. The van der Waals surface area contributed by atoms with E-state index in [1.54, 1.807) is 6.07 Å². The summed E-state index contributed by atoms with van der Waals surface area (Å²) < 4.78 is 5.51. The van der Waals surface area contributed by atoms with Crippen LogP contribution in [-0.2, 0) is 4.74 Å². The SMILES string of the molecule is N#Cc1ccccc1Sc1ccccc1C(=O)NCC(c1ccccc1Cl)N1CCOCC1. The highest BCUT2D eigenvalue weighted by molar-refractivity contribution is 7.99. The van der Waals surface area contributed by atoms with Crippen molar-refractivity contribution in [2.75, 3.05) is 32.8 Å². The molecule has 0 spiro atoms. The Labute approximate surface area is 203 Å². The number of rotatable bonds is 7. The summed E-state index contributed by atoms with van der Waals surface area (Å²) in [6.07, 6.45) is 0. The van der Waals surface area contributed by atoms with Crippen LogP contribution >= 0.6 is 23.4 Å². The summed E-state index contributed by atoms with van der Waals surface area (Å²) in [7, 11) is 0. The molecule has 7 heteroatoms. The molecule has 1 fully saturated rings. The van der Waals surface area contributed by atoms with E-state index in [4.69, 9.17) is 16.3 Å². The second kappa shape index (κ2) is 11.4. The van der Waals surface area contributed by atoms with Crippen LogP contribution in [0, 0.1) is 11.3 Å². The standard InChI is InChI=1S/C26H24ClN3O2S/c27-22-10-4-2-8-20(22)23(30-13-15-32-16-14-30)18-29-26(31)21-9-3-6-12-25(21)33-24-11-5-1-7-19(24)17-28/h1-12,23H,13-16,18H2,(H,29,31). The molecule has 168 valence electrons. The number of nitrogens with zero attached hydrogens (tertiary/aromatic N) is 2. The first-order chi connectivity index (χ1) is 16.2. The van der Waals surface area contributed by atoms with Gasteiger partial charge in [-0.15, -0.1) is 0 Å². The molecule has 1 heterocycles. The zero-order valence-electron chi connectivity index (χ0n) is 18.0. The molecule has 0 aromatic heterocycles. The van der Waals surface area contributed by atoms with E-state index in [0.29, 0.717) is 35.9 Å². The Kier molecular flexibility index (Phi) is 8.03. The van der Waals surface area contributed by atoms with Crippen LogP contribution in [0.2, 0.25) is 5.02 Å². The molecule has 0 saturated carbocycles. The molecule has 4 rings (SSSR count). The number of hydrogen-bond donors (Lipinski definition) is 1. The lowest BCUT2D eigenvalue weighted by Crippen LogP contribution is -2.44. The molecule has 0 radical (unpaired) electrons. The largest absolute Gasteiger partial charge is 0.379 e. The summed E-state index contributed by atoms with van der Waals surface area (Å²) in [6.45, 7) is 3.31. The molecule has 3 aromatic carbocycles. The molecule has 3 aromatic rings. The quantitative estimate of drug-likeness (QED) is 0.508. The van der Waals surface area contributed by atoms with Gasteiger partial charge in [0.05, 0.1) is 30.4 Å². The minimum absolute atomic E-state index is 0.0503. The fourth-order valence-corrected chi connectivity index (χ4v) is 5.15. The minimum Gasteiger partial charge on any atom is -0.379 e. The highest BCUT2D eigenvalue weighted by atomic mass is 35.5. The average Bonchev–Trinajstić information content (AvgIpc) is 2.86. The lowest BCUT2D eigenvalue weighted by atomic mass is 10.0. The lowest BCUT2D eigenvalue weighted by Gasteiger charge is -2.35. The number of nitriles is 1. The van der Waals surface area contributed by atoms with Crippen molar-refractivity contribution in [3.63, 3.8) is 0 Å². The third kappa shape index (κ3) is 5.76. The highest BCUT2D eigenvalue weighted by Gasteiger charge is 2.25. The van der Waals surface area contributed by atoms with Crippen LogP contribution in [0.4, 0.5) is 0 Å². The van der Waals surface area contributed by atoms with E-state index in [-0.39, 0.29) is 11.9 Å². The van der Waals surface area contributed by atoms with Crippen LogP contribution in [0.1, 0.15) is 27.5 Å². The minimum atomic E-state index is -0.155. The van der Waals surface area contributed by atoms with Gasteiger partial charge in [-0.3, -0.25) is 9.69 Å². The number of carbonyl (C=O) groups is 1. The van der Waals surface area contributed by atoms with Crippen molar-refractivity contribution in [3.8, 4) is 6.07 Å². The molecule has 1 unspecified atom stereocenters. The Morgan fingerprint density at radius 1 is 1.03 bits per heavy atom. The first kappa shape index (κ1) is 23.3. The van der Waals surface area contributed by atoms with Crippen LogP contribution in [0.25, 0.3) is 0 Å². The van der Waals surface area contributed by atoms with E-state index in [0.717, 1.165) is 28.4 Å². The summed E-state index contributed by atoms with van der Waals surface area (Å²) in [5.74, 6) is -0.155. The van der Waals surface area contributed by atoms with Crippen molar-refractivity contribution >= 4 is 29.3 Å². The number of halogens is 1. The van der Waals surface area contributed by atoms with Gasteiger partial charge in [0.15, 0.2) is 0 Å². The van der Waals surface area contributed by atoms with E-state index in [9.17, 15) is 10.1 Å². The monoisotopic (exact) mass is 477 g/mol. The van der Waals surface area contributed by atoms with Gasteiger partial charge in [-0.05, 0) is 35.9 Å². The van der Waals surface area contributed by atoms with Gasteiger partial charge >= 0.3 is 0 Å². The molecule has 5 nitrogen and oxygen atoms in total. The van der Waals surface area contributed by atoms with Crippen molar-refractivity contribution in [1.82, 2.24) is 10.2 Å². The normalized spacial score (nSPS) is 14.9. The van der Waals surface area contributed by atoms with E-state index in [2.05, 4.69) is 16.3 Å². The second-order valence-corrected chi connectivity index (χ2v) is 9.09. The number of amides is 1. The molecule has 1 atom stereocenters. The Balaban J connectivity index is 1.54. The highest BCUT2D eigenvalue weighted by Crippen LogP contribution is 2.33. The number of carbonyl (C=O) groups excluding carboxylic acids is 1. The average molecular weight is 478 g/mol. The van der Waals surface area contributed by atoms with Crippen LogP contribution in [-0.4, -0.2) is 43.7 Å². The first-order valence-electron chi connectivity index (χ1n) is 10.8. The predicted molar refractivity (Wildman–Crippen MR) is 131 cm³/mol. The lowest BCUT2D eigenvalue weighted by molar-refractivity contribution is 0.0162. The molecule has 1 saturated heterocycles. The first-order valence-corrected chi connectivity index (χ1v) is 12.0. The van der Waals surface area contributed by atoms with Crippen molar-refractivity contribution in [2.45, 2.75) is 15.8 Å². The van der Waals surface area contributed by atoms with Crippen molar-refractivity contribution in [1.29, 1.82) is 5.26 Å². The van der Waals surface area contributed by atoms with Gasteiger partial charge in [0, 0.05) is 34.4 Å². The van der Waals surface area contributed by atoms with Gasteiger partial charge < -0.3 is 10.1 Å². The van der Waals surface area contributed by atoms with Crippen molar-refractivity contribution in [3.05, 3.63) is 94.5 Å². The van der Waals surface area contributed by atoms with Crippen molar-refractivity contribution < 1.29 is 9.53 Å². The second-order valence-electron chi connectivity index (χ2n) is 7.60. The van der Waals surface area contributed by atoms with E-state index in [1.165, 1.54) is 11.8 Å². The maximum Gasteiger partial charge on any atom is 0.252 e. The molecule has 1 N–H and O–H groups in total. The van der Waals surface area contributed by atoms with Crippen LogP contribution in [0.3, 0.4) is 0 Å². The molecule has 1 aliphatic rings. The summed E-state index contributed by atoms with van der Waals surface area (Å²) in [4.78, 5) is 17.2. The van der Waals surface area contributed by atoms with Crippen molar-refractivity contribution in [2.24, 2.45) is 0 Å². The summed E-state index contributed by atoms with van der Waals surface area (Å²) in [5.41, 5.74) is 2.16. The fraction of sp³-hybridized carbons (Fsp3) is 0.231. The predicted octanol–water partition coefficient (Wildman–Crippen LogP) is 5.17. The fourth-order valence-electron chi connectivity index (χ4n) is 3.86. The zero-order valence-corrected chi connectivity index (χ0v) is 19.6. The number of ether oxygens (including phenoxy) is 1. The van der Waals surface area contributed by atoms with Crippen LogP contribution in [0.15, 0.2) is 82.6 Å². The number of nitrogens with one attached hydrogen (secondary N) is 1. The Morgan fingerprint density at radius 3 is 2.45 bits per heavy atom. The van der Waals surface area contributed by atoms with Crippen LogP contribution < -0.4 is 5.32 Å². The van der Waals surface area contributed by atoms with Gasteiger partial charge in [-0.2, -0.15) is 5.26 Å². The number of hydrogen-bond acceptors (Lipinski definition) is 5. The van der Waals surface area contributed by atoms with Crippen LogP contribution in [0.5, 0.6) is 0 Å². The topological polar surface area (TPSA) is 65.4 Å². The Bertz CT molecular complexity index is 1160. The maximum atomic E-state index is 13.2. The van der Waals surface area contributed by atoms with E-state index in [1.807, 2.05) is 66.7 Å². The molecule has 0 aliphatic carbocycles. The van der Waals surface area contributed by atoms with Gasteiger partial charge in [-0.25, -0.2) is 0 Å². The van der Waals surface area contributed by atoms with Gasteiger partial charge in [-0.1, -0.05) is 65.8 Å². The number of benzene rings is 3. The smallest absolute Gasteiger partial charge is 0.252 e. The molecule has 1 amide bonds. The summed E-state index contributed by atoms with van der Waals surface area (Å²) >= 11 is 7.94. The summed E-state index contributed by atoms with van der Waals surface area (Å²) in [6, 6.07) is 24.8. The molecule has 1 aliphatic heterocycles. The third-order valence-corrected chi connectivity index (χ3v) is 7.06. The third-order valence-electron chi connectivity index (χ3n) is 5.57. The zero-order chi connectivity index (χ0) is 23.0. The molecular formula is C26H24ClN3O2S. The van der Waals surface area contributed by atoms with E-state index >= 15 is 0 Å². The number of morpholine rings is 1. The Hall–Kier alpha value is -2.82. The van der Waals surface area contributed by atoms with Gasteiger partial charge in [0.1, 0.15) is 6.07 Å². The van der Waals surface area contributed by atoms with Gasteiger partial charge in [0.25, 0.3) is 5.91 Å². The summed E-state index contributed by atoms with van der Waals surface area (Å²) in [5, 5.41) is 13.2. The molecule has 33 heavy (non-hydrogen) atoms. The molecule has 0 bridgehead atoms. The van der Waals surface area contributed by atoms with Gasteiger partial charge in [0.2, 0.25) is 0 Å². The maximum absolute atomic E-state index is 13.2. The van der Waals surface area contributed by atoms with E-state index < -0.39 is 0 Å². The molecular weight excluding hydrogens is 454 g/mol.